The SMILES string of the molecule is CC(C)OC(=O)N1CC(c2ccc(F)cc2)N(C(=O)C(=O)Nc2cnc(N)c(C3CC3)c2)CC1C. The van der Waals surface area contributed by atoms with Crippen molar-refractivity contribution in [1.29, 1.82) is 0 Å². The fourth-order valence-electron chi connectivity index (χ4n) is 4.29. The molecule has 2 fully saturated rings. The van der Waals surface area contributed by atoms with Gasteiger partial charge in [-0.05, 0) is 68.9 Å². The average molecular weight is 484 g/mol. The van der Waals surface area contributed by atoms with Crippen molar-refractivity contribution >= 4 is 29.4 Å². The van der Waals surface area contributed by atoms with Gasteiger partial charge in [0.15, 0.2) is 0 Å². The lowest BCUT2D eigenvalue weighted by Gasteiger charge is -2.44. The molecule has 9 nitrogen and oxygen atoms in total. The molecule has 1 aromatic heterocycles. The normalized spacial score (nSPS) is 20.0. The number of pyridine rings is 1. The predicted octanol–water partition coefficient (Wildman–Crippen LogP) is 3.44. The smallest absolute Gasteiger partial charge is 0.410 e. The topological polar surface area (TPSA) is 118 Å². The van der Waals surface area contributed by atoms with Crippen molar-refractivity contribution < 1.29 is 23.5 Å². The summed E-state index contributed by atoms with van der Waals surface area (Å²) in [4.78, 5) is 46.0. The maximum Gasteiger partial charge on any atom is 0.410 e. The number of ether oxygens (including phenoxy) is 1. The maximum atomic E-state index is 13.6. The van der Waals surface area contributed by atoms with Crippen LogP contribution in [0.4, 0.5) is 20.7 Å². The first-order valence-corrected chi connectivity index (χ1v) is 11.7. The van der Waals surface area contributed by atoms with Gasteiger partial charge in [0.25, 0.3) is 0 Å². The lowest BCUT2D eigenvalue weighted by atomic mass is 9.99. The van der Waals surface area contributed by atoms with E-state index in [0.717, 1.165) is 18.4 Å². The van der Waals surface area contributed by atoms with Gasteiger partial charge in [-0.15, -0.1) is 0 Å². The van der Waals surface area contributed by atoms with Crippen LogP contribution in [0.2, 0.25) is 0 Å². The quantitative estimate of drug-likeness (QED) is 0.644. The second-order valence-electron chi connectivity index (χ2n) is 9.39. The van der Waals surface area contributed by atoms with Crippen LogP contribution < -0.4 is 11.1 Å². The van der Waals surface area contributed by atoms with Gasteiger partial charge in [-0.2, -0.15) is 0 Å². The number of hydrogen-bond donors (Lipinski definition) is 2. The van der Waals surface area contributed by atoms with E-state index in [1.165, 1.54) is 28.1 Å². The molecule has 2 unspecified atom stereocenters. The summed E-state index contributed by atoms with van der Waals surface area (Å²) in [5.74, 6) is -1.25. The maximum absolute atomic E-state index is 13.6. The number of nitrogens with one attached hydrogen (secondary N) is 1. The molecule has 1 saturated heterocycles. The number of benzene rings is 1. The lowest BCUT2D eigenvalue weighted by molar-refractivity contribution is -0.147. The average Bonchev–Trinajstić information content (AvgIpc) is 3.65. The first-order chi connectivity index (χ1) is 16.6. The molecule has 2 heterocycles. The number of aromatic nitrogens is 1. The van der Waals surface area contributed by atoms with Gasteiger partial charge in [0, 0.05) is 19.1 Å². The van der Waals surface area contributed by atoms with E-state index in [9.17, 15) is 18.8 Å². The molecule has 186 valence electrons. The minimum atomic E-state index is -0.823. The van der Waals surface area contributed by atoms with Gasteiger partial charge in [0.05, 0.1) is 24.0 Å². The van der Waals surface area contributed by atoms with Crippen molar-refractivity contribution in [2.24, 2.45) is 0 Å². The van der Waals surface area contributed by atoms with Crippen LogP contribution >= 0.6 is 0 Å². The standard InChI is InChI=1S/C25H30FN5O4/c1-14(2)35-25(34)30-13-21(17-6-8-18(26)9-7-17)31(12-15(30)3)24(33)23(32)29-19-10-20(16-4-5-16)22(27)28-11-19/h6-11,14-16,21H,4-5,12-13H2,1-3H3,(H2,27,28)(H,29,32). The van der Waals surface area contributed by atoms with Gasteiger partial charge in [-0.3, -0.25) is 9.59 Å². The van der Waals surface area contributed by atoms with E-state index in [2.05, 4.69) is 10.3 Å². The van der Waals surface area contributed by atoms with Crippen molar-refractivity contribution in [3.8, 4) is 0 Å². The molecule has 10 heteroatoms. The first-order valence-electron chi connectivity index (χ1n) is 11.7. The zero-order chi connectivity index (χ0) is 25.3. The summed E-state index contributed by atoms with van der Waals surface area (Å²) in [5, 5.41) is 2.63. The molecule has 0 spiro atoms. The molecule has 1 aliphatic carbocycles. The Balaban J connectivity index is 1.56. The molecule has 1 aliphatic heterocycles. The summed E-state index contributed by atoms with van der Waals surface area (Å²) in [7, 11) is 0. The molecular weight excluding hydrogens is 453 g/mol. The molecule has 2 aromatic rings. The molecule has 3 amide bonds. The first kappa shape index (κ1) is 24.4. The van der Waals surface area contributed by atoms with Gasteiger partial charge < -0.3 is 25.6 Å². The zero-order valence-corrected chi connectivity index (χ0v) is 20.0. The van der Waals surface area contributed by atoms with Crippen LogP contribution in [-0.2, 0) is 14.3 Å². The molecule has 0 bridgehead atoms. The highest BCUT2D eigenvalue weighted by Gasteiger charge is 2.40. The number of anilines is 2. The molecule has 2 atom stereocenters. The Morgan fingerprint density at radius 3 is 2.46 bits per heavy atom. The van der Waals surface area contributed by atoms with E-state index < -0.39 is 35.8 Å². The van der Waals surface area contributed by atoms with E-state index in [-0.39, 0.29) is 19.2 Å². The number of carbonyl (C=O) groups excluding carboxylic acids is 3. The highest BCUT2D eigenvalue weighted by Crippen LogP contribution is 2.42. The number of nitrogens with two attached hydrogens (primary N) is 1. The summed E-state index contributed by atoms with van der Waals surface area (Å²) in [6, 6.07) is 6.37. The fourth-order valence-corrected chi connectivity index (χ4v) is 4.29. The predicted molar refractivity (Wildman–Crippen MR) is 128 cm³/mol. The lowest BCUT2D eigenvalue weighted by Crippen LogP contribution is -2.58. The Hall–Kier alpha value is -3.69. The van der Waals surface area contributed by atoms with Crippen LogP contribution in [0.3, 0.4) is 0 Å². The number of carbonyl (C=O) groups is 3. The summed E-state index contributed by atoms with van der Waals surface area (Å²) in [6.45, 7) is 5.50. The van der Waals surface area contributed by atoms with Crippen LogP contribution in [-0.4, -0.2) is 57.9 Å². The Morgan fingerprint density at radius 1 is 1.14 bits per heavy atom. The Morgan fingerprint density at radius 2 is 1.83 bits per heavy atom. The van der Waals surface area contributed by atoms with Gasteiger partial charge in [-0.25, -0.2) is 14.2 Å². The number of nitrogens with zero attached hydrogens (tertiary/aromatic N) is 3. The van der Waals surface area contributed by atoms with E-state index in [0.29, 0.717) is 23.0 Å². The molecule has 2 aliphatic rings. The number of rotatable bonds is 4. The van der Waals surface area contributed by atoms with Gasteiger partial charge in [0.1, 0.15) is 11.6 Å². The van der Waals surface area contributed by atoms with Gasteiger partial charge in [-0.1, -0.05) is 12.1 Å². The monoisotopic (exact) mass is 483 g/mol. The molecule has 35 heavy (non-hydrogen) atoms. The molecular formula is C25H30FN5O4. The third-order valence-corrected chi connectivity index (χ3v) is 6.24. The third kappa shape index (κ3) is 5.52. The van der Waals surface area contributed by atoms with Crippen LogP contribution in [0.1, 0.15) is 56.7 Å². The number of hydrogen-bond acceptors (Lipinski definition) is 6. The van der Waals surface area contributed by atoms with Crippen LogP contribution in [0.25, 0.3) is 0 Å². The fraction of sp³-hybridized carbons (Fsp3) is 0.440. The van der Waals surface area contributed by atoms with Crippen molar-refractivity contribution in [1.82, 2.24) is 14.8 Å². The van der Waals surface area contributed by atoms with Crippen molar-refractivity contribution in [3.05, 3.63) is 53.5 Å². The largest absolute Gasteiger partial charge is 0.447 e. The van der Waals surface area contributed by atoms with Crippen molar-refractivity contribution in [2.45, 2.75) is 57.7 Å². The second kappa shape index (κ2) is 9.89. The van der Waals surface area contributed by atoms with E-state index in [1.807, 2.05) is 0 Å². The Bertz CT molecular complexity index is 1120. The van der Waals surface area contributed by atoms with Crippen LogP contribution in [0.5, 0.6) is 0 Å². The summed E-state index contributed by atoms with van der Waals surface area (Å²) < 4.78 is 18.9. The number of amides is 3. The number of halogens is 1. The molecule has 3 N–H and O–H groups in total. The van der Waals surface area contributed by atoms with Crippen molar-refractivity contribution in [3.63, 3.8) is 0 Å². The number of piperazine rings is 1. The minimum absolute atomic E-state index is 0.104. The van der Waals surface area contributed by atoms with E-state index in [1.54, 1.807) is 39.0 Å². The van der Waals surface area contributed by atoms with E-state index in [4.69, 9.17) is 10.5 Å². The van der Waals surface area contributed by atoms with Crippen molar-refractivity contribution in [2.75, 3.05) is 24.1 Å². The summed E-state index contributed by atoms with van der Waals surface area (Å²) in [5.41, 5.74) is 7.81. The molecule has 1 saturated carbocycles. The Labute approximate surface area is 203 Å². The summed E-state index contributed by atoms with van der Waals surface area (Å²) in [6.07, 6.45) is 2.65. The third-order valence-electron chi connectivity index (χ3n) is 6.24. The summed E-state index contributed by atoms with van der Waals surface area (Å²) >= 11 is 0. The highest BCUT2D eigenvalue weighted by atomic mass is 19.1. The van der Waals surface area contributed by atoms with Gasteiger partial charge >= 0.3 is 17.9 Å². The molecule has 4 rings (SSSR count). The minimum Gasteiger partial charge on any atom is -0.447 e. The number of nitrogen functional groups attached to an aromatic ring is 1. The van der Waals surface area contributed by atoms with Crippen LogP contribution in [0, 0.1) is 5.82 Å². The second-order valence-corrected chi connectivity index (χ2v) is 9.39. The van der Waals surface area contributed by atoms with E-state index >= 15 is 0 Å². The Kier molecular flexibility index (Phi) is 6.90. The van der Waals surface area contributed by atoms with Crippen LogP contribution in [0.15, 0.2) is 36.5 Å². The zero-order valence-electron chi connectivity index (χ0n) is 20.0. The molecule has 1 aromatic carbocycles. The van der Waals surface area contributed by atoms with Gasteiger partial charge in [0.2, 0.25) is 0 Å². The molecule has 0 radical (unpaired) electrons. The highest BCUT2D eigenvalue weighted by molar-refractivity contribution is 6.39.